The maximum atomic E-state index is 13.2. The lowest BCUT2D eigenvalue weighted by molar-refractivity contribution is 0.299. The molecule has 4 nitrogen and oxygen atoms in total. The van der Waals surface area contributed by atoms with Gasteiger partial charge >= 0.3 is 0 Å². The molecule has 0 amide bonds. The molecule has 0 radical (unpaired) electrons. The fourth-order valence-corrected chi connectivity index (χ4v) is 4.43. The van der Waals surface area contributed by atoms with Crippen LogP contribution in [0.3, 0.4) is 0 Å². The van der Waals surface area contributed by atoms with Gasteiger partial charge in [0.15, 0.2) is 0 Å². The predicted molar refractivity (Wildman–Crippen MR) is 96.9 cm³/mol. The van der Waals surface area contributed by atoms with E-state index in [9.17, 15) is 12.8 Å². The predicted octanol–water partition coefficient (Wildman–Crippen LogP) is 3.48. The molecule has 1 unspecified atom stereocenters. The van der Waals surface area contributed by atoms with Gasteiger partial charge < -0.3 is 4.90 Å². The van der Waals surface area contributed by atoms with E-state index < -0.39 is 15.8 Å². The molecule has 0 bridgehead atoms. The lowest BCUT2D eigenvalue weighted by Crippen LogP contribution is -2.34. The lowest BCUT2D eigenvalue weighted by atomic mass is 10.0. The van der Waals surface area contributed by atoms with Gasteiger partial charge in [0.25, 0.3) is 0 Å². The maximum Gasteiger partial charge on any atom is 0.241 e. The number of rotatable bonds is 6. The summed E-state index contributed by atoms with van der Waals surface area (Å²) in [6.07, 6.45) is 0. The Bertz CT molecular complexity index is 808. The number of hydrogen-bond acceptors (Lipinski definition) is 3. The summed E-state index contributed by atoms with van der Waals surface area (Å²) >= 11 is 3.10. The summed E-state index contributed by atoms with van der Waals surface area (Å²) in [4.78, 5) is 1.97. The van der Waals surface area contributed by atoms with E-state index >= 15 is 0 Å². The first-order valence-corrected chi connectivity index (χ1v) is 9.66. The topological polar surface area (TPSA) is 49.4 Å². The van der Waals surface area contributed by atoms with Gasteiger partial charge in [-0.1, -0.05) is 29.8 Å². The summed E-state index contributed by atoms with van der Waals surface area (Å²) in [5, 5.41) is 0. The molecule has 24 heavy (non-hydrogen) atoms. The molecule has 130 valence electrons. The zero-order chi connectivity index (χ0) is 17.9. The average Bonchev–Trinajstić information content (AvgIpc) is 2.48. The van der Waals surface area contributed by atoms with E-state index in [1.165, 1.54) is 6.07 Å². The Labute approximate surface area is 150 Å². The monoisotopic (exact) mass is 414 g/mol. The third-order valence-electron chi connectivity index (χ3n) is 3.74. The van der Waals surface area contributed by atoms with Crippen LogP contribution in [0.15, 0.2) is 51.8 Å². The van der Waals surface area contributed by atoms with Gasteiger partial charge in [0.05, 0.1) is 4.90 Å². The molecule has 2 aromatic carbocycles. The van der Waals surface area contributed by atoms with Crippen LogP contribution in [0, 0.1) is 12.7 Å². The highest BCUT2D eigenvalue weighted by Crippen LogP contribution is 2.24. The summed E-state index contributed by atoms with van der Waals surface area (Å²) in [7, 11) is 0.0483. The van der Waals surface area contributed by atoms with Gasteiger partial charge in [0, 0.05) is 17.1 Å². The van der Waals surface area contributed by atoms with Crippen molar-refractivity contribution in [1.82, 2.24) is 9.62 Å². The SMILES string of the molecule is Cc1ccc(C(CNS(=O)(=O)c2ccc(F)cc2Br)N(C)C)cc1. The second-order valence-corrected chi connectivity index (χ2v) is 8.41. The summed E-state index contributed by atoms with van der Waals surface area (Å²) < 4.78 is 41.0. The molecular formula is C17H20BrFN2O2S. The Hall–Kier alpha value is -1.28. The van der Waals surface area contributed by atoms with Crippen LogP contribution in [0.4, 0.5) is 4.39 Å². The molecule has 0 spiro atoms. The van der Waals surface area contributed by atoms with Crippen LogP contribution >= 0.6 is 15.9 Å². The van der Waals surface area contributed by atoms with Crippen molar-refractivity contribution in [2.45, 2.75) is 17.9 Å². The van der Waals surface area contributed by atoms with Crippen molar-refractivity contribution in [3.8, 4) is 0 Å². The van der Waals surface area contributed by atoms with E-state index in [0.717, 1.165) is 23.3 Å². The molecule has 0 saturated carbocycles. The number of likely N-dealkylation sites (N-methyl/N-ethyl adjacent to an activating group) is 1. The maximum absolute atomic E-state index is 13.2. The number of nitrogens with one attached hydrogen (secondary N) is 1. The van der Waals surface area contributed by atoms with E-state index in [-0.39, 0.29) is 22.0 Å². The van der Waals surface area contributed by atoms with Crippen LogP contribution in [0.2, 0.25) is 0 Å². The Balaban J connectivity index is 2.20. The molecule has 0 aromatic heterocycles. The zero-order valence-corrected chi connectivity index (χ0v) is 16.2. The van der Waals surface area contributed by atoms with Gasteiger partial charge in [-0.2, -0.15) is 0 Å². The van der Waals surface area contributed by atoms with Crippen molar-refractivity contribution in [3.63, 3.8) is 0 Å². The fraction of sp³-hybridized carbons (Fsp3) is 0.294. The number of benzene rings is 2. The van der Waals surface area contributed by atoms with Crippen molar-refractivity contribution >= 4 is 26.0 Å². The summed E-state index contributed by atoms with van der Waals surface area (Å²) in [6, 6.07) is 11.4. The van der Waals surface area contributed by atoms with Gasteiger partial charge in [-0.25, -0.2) is 17.5 Å². The van der Waals surface area contributed by atoms with Crippen LogP contribution in [-0.2, 0) is 10.0 Å². The molecule has 2 aromatic rings. The van der Waals surface area contributed by atoms with Crippen molar-refractivity contribution in [2.75, 3.05) is 20.6 Å². The van der Waals surface area contributed by atoms with Gasteiger partial charge in [0.1, 0.15) is 5.82 Å². The number of hydrogen-bond donors (Lipinski definition) is 1. The molecular weight excluding hydrogens is 395 g/mol. The second-order valence-electron chi connectivity index (χ2n) is 5.82. The normalized spacial score (nSPS) is 13.2. The van der Waals surface area contributed by atoms with Crippen molar-refractivity contribution in [2.24, 2.45) is 0 Å². The van der Waals surface area contributed by atoms with E-state index in [2.05, 4.69) is 20.7 Å². The van der Waals surface area contributed by atoms with Crippen LogP contribution in [-0.4, -0.2) is 34.0 Å². The second kappa shape index (κ2) is 7.74. The van der Waals surface area contributed by atoms with E-state index in [1.54, 1.807) is 0 Å². The Morgan fingerprint density at radius 2 is 1.79 bits per heavy atom. The third kappa shape index (κ3) is 4.63. The quantitative estimate of drug-likeness (QED) is 0.786. The zero-order valence-electron chi connectivity index (χ0n) is 13.8. The van der Waals surface area contributed by atoms with Gasteiger partial charge in [0.2, 0.25) is 10.0 Å². The highest BCUT2D eigenvalue weighted by Gasteiger charge is 2.21. The smallest absolute Gasteiger partial charge is 0.241 e. The molecule has 7 heteroatoms. The largest absolute Gasteiger partial charge is 0.301 e. The molecule has 2 rings (SSSR count). The molecule has 0 aliphatic rings. The summed E-state index contributed by atoms with van der Waals surface area (Å²) in [5.41, 5.74) is 2.17. The highest BCUT2D eigenvalue weighted by molar-refractivity contribution is 9.10. The molecule has 1 atom stereocenters. The highest BCUT2D eigenvalue weighted by atomic mass is 79.9. The Morgan fingerprint density at radius 3 is 2.33 bits per heavy atom. The first-order chi connectivity index (χ1) is 11.2. The minimum Gasteiger partial charge on any atom is -0.301 e. The minimum atomic E-state index is -3.74. The van der Waals surface area contributed by atoms with Crippen molar-refractivity contribution < 1.29 is 12.8 Å². The van der Waals surface area contributed by atoms with Crippen molar-refractivity contribution in [3.05, 3.63) is 63.9 Å². The summed E-state index contributed by atoms with van der Waals surface area (Å²) in [6.45, 7) is 2.21. The third-order valence-corrected chi connectivity index (χ3v) is 6.14. The first kappa shape index (κ1) is 19.1. The minimum absolute atomic E-state index is 0.0188. The summed E-state index contributed by atoms with van der Waals surface area (Å²) in [5.74, 6) is -0.494. The van der Waals surface area contributed by atoms with Gasteiger partial charge in [-0.05, 0) is 60.7 Å². The van der Waals surface area contributed by atoms with E-state index in [4.69, 9.17) is 0 Å². The van der Waals surface area contributed by atoms with E-state index in [0.29, 0.717) is 0 Å². The van der Waals surface area contributed by atoms with E-state index in [1.807, 2.05) is 50.2 Å². The van der Waals surface area contributed by atoms with Crippen LogP contribution in [0.1, 0.15) is 17.2 Å². The molecule has 0 aliphatic carbocycles. The standard InChI is InChI=1S/C17H20BrFN2O2S/c1-12-4-6-13(7-5-12)16(21(2)3)11-20-24(22,23)17-9-8-14(19)10-15(17)18/h4-10,16,20H,11H2,1-3H3. The lowest BCUT2D eigenvalue weighted by Gasteiger charge is -2.25. The average molecular weight is 415 g/mol. The molecule has 0 saturated heterocycles. The van der Waals surface area contributed by atoms with Crippen LogP contribution in [0.25, 0.3) is 0 Å². The van der Waals surface area contributed by atoms with Gasteiger partial charge in [-0.3, -0.25) is 0 Å². The van der Waals surface area contributed by atoms with Crippen LogP contribution in [0.5, 0.6) is 0 Å². The number of aryl methyl sites for hydroxylation is 1. The van der Waals surface area contributed by atoms with Gasteiger partial charge in [-0.15, -0.1) is 0 Å². The number of sulfonamides is 1. The van der Waals surface area contributed by atoms with Crippen molar-refractivity contribution in [1.29, 1.82) is 0 Å². The molecule has 0 aliphatic heterocycles. The molecule has 0 fully saturated rings. The van der Waals surface area contributed by atoms with Crippen LogP contribution < -0.4 is 4.72 Å². The molecule has 1 N–H and O–H groups in total. The number of nitrogens with zero attached hydrogens (tertiary/aromatic N) is 1. The number of halogens is 2. The molecule has 0 heterocycles. The first-order valence-electron chi connectivity index (χ1n) is 7.38. The fourth-order valence-electron chi connectivity index (χ4n) is 2.35. The Kier molecular flexibility index (Phi) is 6.14. The Morgan fingerprint density at radius 1 is 1.17 bits per heavy atom.